The van der Waals surface area contributed by atoms with Crippen LogP contribution in [0.15, 0.2) is 32.9 Å². The summed E-state index contributed by atoms with van der Waals surface area (Å²) >= 11 is 4.75. The van der Waals surface area contributed by atoms with E-state index < -0.39 is 10.0 Å². The van der Waals surface area contributed by atoms with E-state index >= 15 is 0 Å². The minimum absolute atomic E-state index is 0.0985. The first-order valence-corrected chi connectivity index (χ1v) is 8.84. The van der Waals surface area contributed by atoms with E-state index in [0.29, 0.717) is 4.47 Å². The average Bonchev–Trinajstić information content (AvgIpc) is 2.77. The van der Waals surface area contributed by atoms with Crippen LogP contribution in [-0.2, 0) is 16.6 Å². The summed E-state index contributed by atoms with van der Waals surface area (Å²) in [5.41, 5.74) is 6.73. The molecular formula is C12H14BrN3O2S2. The van der Waals surface area contributed by atoms with Gasteiger partial charge in [0.15, 0.2) is 0 Å². The Morgan fingerprint density at radius 1 is 1.45 bits per heavy atom. The SMILES string of the molecule is Cc1nc(CN(C)S(=O)(=O)c2cc(Br)ccc2N)cs1. The lowest BCUT2D eigenvalue weighted by atomic mass is 10.3. The fourth-order valence-electron chi connectivity index (χ4n) is 1.69. The number of nitrogen functional groups attached to an aromatic ring is 1. The molecule has 1 aromatic carbocycles. The molecule has 0 fully saturated rings. The summed E-state index contributed by atoms with van der Waals surface area (Å²) in [4.78, 5) is 4.37. The maximum atomic E-state index is 12.5. The van der Waals surface area contributed by atoms with Gasteiger partial charge in [-0.25, -0.2) is 13.4 Å². The summed E-state index contributed by atoms with van der Waals surface area (Å²) in [6.07, 6.45) is 0. The third kappa shape index (κ3) is 3.20. The molecule has 0 saturated carbocycles. The van der Waals surface area contributed by atoms with Gasteiger partial charge in [-0.15, -0.1) is 11.3 Å². The van der Waals surface area contributed by atoms with Gasteiger partial charge in [-0.2, -0.15) is 4.31 Å². The summed E-state index contributed by atoms with van der Waals surface area (Å²) in [7, 11) is -2.12. The highest BCUT2D eigenvalue weighted by Crippen LogP contribution is 2.26. The molecule has 2 aromatic rings. The second kappa shape index (κ2) is 5.80. The van der Waals surface area contributed by atoms with Crippen molar-refractivity contribution >= 4 is 43.0 Å². The molecule has 108 valence electrons. The summed E-state index contributed by atoms with van der Waals surface area (Å²) in [5.74, 6) is 0. The Hall–Kier alpha value is -0.960. The molecule has 0 atom stereocenters. The Kier molecular flexibility index (Phi) is 4.48. The number of nitrogens with two attached hydrogens (primary N) is 1. The first-order valence-electron chi connectivity index (χ1n) is 5.73. The maximum absolute atomic E-state index is 12.5. The Bertz CT molecular complexity index is 728. The standard InChI is InChI=1S/C12H14BrN3O2S2/c1-8-15-10(7-19-8)6-16(2)20(17,18)12-5-9(13)3-4-11(12)14/h3-5,7H,6,14H2,1-2H3. The predicted octanol–water partition coefficient (Wildman–Crippen LogP) is 2.62. The van der Waals surface area contributed by atoms with Gasteiger partial charge in [-0.05, 0) is 25.1 Å². The second-order valence-electron chi connectivity index (χ2n) is 4.30. The van der Waals surface area contributed by atoms with Gasteiger partial charge in [0.05, 0.1) is 22.9 Å². The van der Waals surface area contributed by atoms with E-state index in [2.05, 4.69) is 20.9 Å². The molecular weight excluding hydrogens is 362 g/mol. The number of halogens is 1. The molecule has 0 aliphatic heterocycles. The number of nitrogens with zero attached hydrogens (tertiary/aromatic N) is 2. The minimum Gasteiger partial charge on any atom is -0.398 e. The summed E-state index contributed by atoms with van der Waals surface area (Å²) in [6.45, 7) is 2.10. The maximum Gasteiger partial charge on any atom is 0.245 e. The Morgan fingerprint density at radius 2 is 2.15 bits per heavy atom. The van der Waals surface area contributed by atoms with Crippen molar-refractivity contribution in [3.8, 4) is 0 Å². The Morgan fingerprint density at radius 3 is 2.75 bits per heavy atom. The molecule has 2 rings (SSSR count). The van der Waals surface area contributed by atoms with E-state index in [-0.39, 0.29) is 17.1 Å². The topological polar surface area (TPSA) is 76.3 Å². The van der Waals surface area contributed by atoms with Gasteiger partial charge in [0.2, 0.25) is 10.0 Å². The molecule has 0 spiro atoms. The zero-order chi connectivity index (χ0) is 14.9. The predicted molar refractivity (Wildman–Crippen MR) is 84.1 cm³/mol. The van der Waals surface area contributed by atoms with Gasteiger partial charge in [0, 0.05) is 16.9 Å². The van der Waals surface area contributed by atoms with Gasteiger partial charge in [0.25, 0.3) is 0 Å². The summed E-state index contributed by atoms with van der Waals surface area (Å²) < 4.78 is 27.0. The minimum atomic E-state index is -3.64. The van der Waals surface area contributed by atoms with Crippen molar-refractivity contribution in [1.29, 1.82) is 0 Å². The van der Waals surface area contributed by atoms with E-state index in [1.807, 2.05) is 12.3 Å². The lowest BCUT2D eigenvalue weighted by Gasteiger charge is -2.17. The number of rotatable bonds is 4. The van der Waals surface area contributed by atoms with Gasteiger partial charge in [-0.3, -0.25) is 0 Å². The zero-order valence-corrected chi connectivity index (χ0v) is 14.2. The molecule has 0 bridgehead atoms. The number of thiazole rings is 1. The molecule has 1 aromatic heterocycles. The van der Waals surface area contributed by atoms with Gasteiger partial charge in [0.1, 0.15) is 4.90 Å². The van der Waals surface area contributed by atoms with Crippen molar-refractivity contribution in [1.82, 2.24) is 9.29 Å². The Labute approximate surface area is 130 Å². The van der Waals surface area contributed by atoms with Gasteiger partial charge < -0.3 is 5.73 Å². The molecule has 0 aliphatic carbocycles. The van der Waals surface area contributed by atoms with Crippen LogP contribution in [0.4, 0.5) is 5.69 Å². The first-order chi connectivity index (χ1) is 9.30. The number of hydrogen-bond donors (Lipinski definition) is 1. The molecule has 0 radical (unpaired) electrons. The van der Waals surface area contributed by atoms with Crippen LogP contribution in [0.3, 0.4) is 0 Å². The summed E-state index contributed by atoms with van der Waals surface area (Å²) in [6, 6.07) is 4.78. The fraction of sp³-hybridized carbons (Fsp3) is 0.250. The number of anilines is 1. The van der Waals surface area contributed by atoms with Crippen LogP contribution >= 0.6 is 27.3 Å². The normalized spacial score (nSPS) is 12.0. The van der Waals surface area contributed by atoms with Gasteiger partial charge in [-0.1, -0.05) is 15.9 Å². The van der Waals surface area contributed by atoms with Crippen LogP contribution in [0.2, 0.25) is 0 Å². The number of benzene rings is 1. The second-order valence-corrected chi connectivity index (χ2v) is 8.29. The molecule has 5 nitrogen and oxygen atoms in total. The molecule has 0 aliphatic rings. The number of sulfonamides is 1. The van der Waals surface area contributed by atoms with Crippen molar-refractivity contribution < 1.29 is 8.42 Å². The van der Waals surface area contributed by atoms with E-state index in [1.54, 1.807) is 12.1 Å². The van der Waals surface area contributed by atoms with Gasteiger partial charge >= 0.3 is 0 Å². The Balaban J connectivity index is 2.32. The van der Waals surface area contributed by atoms with Crippen LogP contribution in [-0.4, -0.2) is 24.8 Å². The van der Waals surface area contributed by atoms with Crippen molar-refractivity contribution in [2.24, 2.45) is 0 Å². The quantitative estimate of drug-likeness (QED) is 0.833. The molecule has 0 saturated heterocycles. The summed E-state index contributed by atoms with van der Waals surface area (Å²) in [5, 5.41) is 2.76. The van der Waals surface area contributed by atoms with Crippen LogP contribution in [0.1, 0.15) is 10.7 Å². The molecule has 0 unspecified atom stereocenters. The van der Waals surface area contributed by atoms with E-state index in [0.717, 1.165) is 10.7 Å². The van der Waals surface area contributed by atoms with Crippen LogP contribution in [0, 0.1) is 6.92 Å². The molecule has 0 amide bonds. The third-order valence-corrected chi connectivity index (χ3v) is 5.89. The molecule has 2 N–H and O–H groups in total. The lowest BCUT2D eigenvalue weighted by molar-refractivity contribution is 0.463. The molecule has 8 heteroatoms. The first kappa shape index (κ1) is 15.4. The van der Waals surface area contributed by atoms with E-state index in [1.165, 1.54) is 28.8 Å². The average molecular weight is 376 g/mol. The smallest absolute Gasteiger partial charge is 0.245 e. The lowest BCUT2D eigenvalue weighted by Crippen LogP contribution is -2.27. The largest absolute Gasteiger partial charge is 0.398 e. The number of hydrogen-bond acceptors (Lipinski definition) is 5. The zero-order valence-electron chi connectivity index (χ0n) is 11.0. The fourth-order valence-corrected chi connectivity index (χ4v) is 4.09. The van der Waals surface area contributed by atoms with Crippen molar-refractivity contribution in [2.75, 3.05) is 12.8 Å². The monoisotopic (exact) mass is 375 g/mol. The van der Waals surface area contributed by atoms with E-state index in [9.17, 15) is 8.42 Å². The van der Waals surface area contributed by atoms with E-state index in [4.69, 9.17) is 5.73 Å². The number of aryl methyl sites for hydroxylation is 1. The highest BCUT2D eigenvalue weighted by molar-refractivity contribution is 9.10. The molecule has 1 heterocycles. The third-order valence-electron chi connectivity index (χ3n) is 2.72. The molecule has 20 heavy (non-hydrogen) atoms. The van der Waals surface area contributed by atoms with Crippen molar-refractivity contribution in [3.05, 3.63) is 38.8 Å². The van der Waals surface area contributed by atoms with Crippen LogP contribution in [0.5, 0.6) is 0 Å². The van der Waals surface area contributed by atoms with Crippen LogP contribution in [0.25, 0.3) is 0 Å². The highest BCUT2D eigenvalue weighted by Gasteiger charge is 2.24. The van der Waals surface area contributed by atoms with Crippen molar-refractivity contribution in [3.63, 3.8) is 0 Å². The van der Waals surface area contributed by atoms with Crippen LogP contribution < -0.4 is 5.73 Å². The van der Waals surface area contributed by atoms with Crippen molar-refractivity contribution in [2.45, 2.75) is 18.4 Å². The highest BCUT2D eigenvalue weighted by atomic mass is 79.9. The number of aromatic nitrogens is 1.